The summed E-state index contributed by atoms with van der Waals surface area (Å²) in [6.07, 6.45) is -2.94. The van der Waals surface area contributed by atoms with E-state index in [1.54, 1.807) is 12.1 Å². The van der Waals surface area contributed by atoms with Gasteiger partial charge in [-0.1, -0.05) is 26.0 Å². The molecule has 0 radical (unpaired) electrons. The number of hydrogen-bond donors (Lipinski definition) is 2. The third-order valence-electron chi connectivity index (χ3n) is 4.91. The second-order valence-electron chi connectivity index (χ2n) is 7.74. The zero-order chi connectivity index (χ0) is 20.0. The lowest BCUT2D eigenvalue weighted by Crippen LogP contribution is -2.39. The van der Waals surface area contributed by atoms with Gasteiger partial charge in [0.2, 0.25) is 0 Å². The van der Waals surface area contributed by atoms with Gasteiger partial charge in [0.1, 0.15) is 5.75 Å². The Morgan fingerprint density at radius 1 is 1.08 bits per heavy atom. The number of nitrogens with zero attached hydrogens (tertiary/aromatic N) is 1. The van der Waals surface area contributed by atoms with E-state index < -0.39 is 14.7 Å². The van der Waals surface area contributed by atoms with Crippen LogP contribution in [-0.2, 0) is 6.54 Å². The Hall–Kier alpha value is -1.09. The third kappa shape index (κ3) is 8.07. The molecule has 0 spiro atoms. The molecule has 0 aliphatic heterocycles. The van der Waals surface area contributed by atoms with E-state index in [1.165, 1.54) is 12.1 Å². The molecule has 2 N–H and O–H groups in total. The summed E-state index contributed by atoms with van der Waals surface area (Å²) in [6.45, 7) is 9.80. The fourth-order valence-electron chi connectivity index (χ4n) is 2.52. The summed E-state index contributed by atoms with van der Waals surface area (Å²) < 4.78 is 40.5. The van der Waals surface area contributed by atoms with Crippen LogP contribution in [0.3, 0.4) is 0 Å². The van der Waals surface area contributed by atoms with E-state index >= 15 is 0 Å². The highest BCUT2D eigenvalue weighted by Gasteiger charge is 2.37. The summed E-state index contributed by atoms with van der Waals surface area (Å²) in [5, 5.41) is 9.15. The number of aliphatic hydroxyl groups excluding tert-OH is 1. The fourth-order valence-corrected chi connectivity index (χ4v) is 3.31. The van der Waals surface area contributed by atoms with E-state index in [0.29, 0.717) is 13.1 Å². The smallest absolute Gasteiger partial charge is 0.432 e. The average molecular weight is 394 g/mol. The van der Waals surface area contributed by atoms with Crippen LogP contribution in [0.25, 0.3) is 0 Å². The van der Waals surface area contributed by atoms with Crippen molar-refractivity contribution in [1.82, 2.24) is 4.90 Å². The first-order chi connectivity index (χ1) is 11.8. The predicted octanol–water partition coefficient (Wildman–Crippen LogP) is 4.14. The molecule has 26 heavy (non-hydrogen) atoms. The van der Waals surface area contributed by atoms with Crippen LogP contribution in [0.5, 0.6) is 5.75 Å². The second-order valence-corrected chi connectivity index (χ2v) is 12.2. The minimum Gasteiger partial charge on any atom is -0.432 e. The van der Waals surface area contributed by atoms with Crippen molar-refractivity contribution in [3.8, 4) is 5.75 Å². The van der Waals surface area contributed by atoms with Crippen LogP contribution < -0.4 is 4.74 Å². The molecule has 0 bridgehead atoms. The molecule has 0 amide bonds. The summed E-state index contributed by atoms with van der Waals surface area (Å²) in [5.74, 6) is -0.244. The first-order valence-electron chi connectivity index (χ1n) is 8.74. The maximum Gasteiger partial charge on any atom is 0.573 e. The van der Waals surface area contributed by atoms with Crippen LogP contribution >= 0.6 is 0 Å². The number of halogens is 3. The highest BCUT2D eigenvalue weighted by atomic mass is 28.4. The highest BCUT2D eigenvalue weighted by Crippen LogP contribution is 2.39. The summed E-state index contributed by atoms with van der Waals surface area (Å²) in [5.41, 5.74) is 0.851. The number of aliphatic hydroxyl groups is 1. The monoisotopic (exact) mass is 393 g/mol. The van der Waals surface area contributed by atoms with Gasteiger partial charge in [-0.3, -0.25) is 4.90 Å². The molecule has 0 unspecified atom stereocenters. The molecule has 8 heteroatoms. The number of rotatable bonds is 10. The van der Waals surface area contributed by atoms with E-state index in [-0.39, 0.29) is 17.4 Å². The Morgan fingerprint density at radius 3 is 2.12 bits per heavy atom. The van der Waals surface area contributed by atoms with Crippen molar-refractivity contribution in [1.29, 1.82) is 0 Å². The first kappa shape index (κ1) is 22.9. The molecule has 0 saturated carbocycles. The predicted molar refractivity (Wildman–Crippen MR) is 98.5 cm³/mol. The highest BCUT2D eigenvalue weighted by molar-refractivity contribution is 6.72. The lowest BCUT2D eigenvalue weighted by atomic mass is 10.1. The van der Waals surface area contributed by atoms with Gasteiger partial charge in [0, 0.05) is 13.1 Å². The molecule has 0 heterocycles. The molecule has 4 nitrogen and oxygen atoms in total. The second kappa shape index (κ2) is 9.21. The first-order valence-corrected chi connectivity index (χ1v) is 11.7. The normalized spacial score (nSPS) is 13.3. The van der Waals surface area contributed by atoms with Gasteiger partial charge >= 0.3 is 6.36 Å². The molecule has 0 aromatic heterocycles. The van der Waals surface area contributed by atoms with Crippen LogP contribution in [0.15, 0.2) is 24.3 Å². The van der Waals surface area contributed by atoms with Crippen LogP contribution in [0.4, 0.5) is 13.2 Å². The molecular weight excluding hydrogens is 363 g/mol. The lowest BCUT2D eigenvalue weighted by molar-refractivity contribution is -0.274. The van der Waals surface area contributed by atoms with Crippen molar-refractivity contribution in [3.63, 3.8) is 0 Å². The zero-order valence-electron chi connectivity index (χ0n) is 15.9. The zero-order valence-corrected chi connectivity index (χ0v) is 16.9. The van der Waals surface area contributed by atoms with Gasteiger partial charge in [0.05, 0.1) is 6.61 Å². The maximum absolute atomic E-state index is 12.2. The molecule has 0 saturated heterocycles. The number of ether oxygens (including phenoxy) is 1. The van der Waals surface area contributed by atoms with Crippen molar-refractivity contribution < 1.29 is 27.8 Å². The van der Waals surface area contributed by atoms with Gasteiger partial charge in [-0.15, -0.1) is 13.2 Å². The summed E-state index contributed by atoms with van der Waals surface area (Å²) in [6, 6.07) is 5.78. The lowest BCUT2D eigenvalue weighted by Gasteiger charge is -2.35. The van der Waals surface area contributed by atoms with E-state index in [4.69, 9.17) is 0 Å². The Balaban J connectivity index is 2.60. The van der Waals surface area contributed by atoms with Gasteiger partial charge < -0.3 is 14.6 Å². The van der Waals surface area contributed by atoms with Crippen molar-refractivity contribution in [2.75, 3.05) is 19.7 Å². The Bertz CT molecular complexity index is 542. The van der Waals surface area contributed by atoms with Gasteiger partial charge in [-0.05, 0) is 55.2 Å². The summed E-state index contributed by atoms with van der Waals surface area (Å²) in [4.78, 5) is 12.4. The topological polar surface area (TPSA) is 52.9 Å². The van der Waals surface area contributed by atoms with Crippen molar-refractivity contribution >= 4 is 8.32 Å². The molecule has 1 rings (SSSR count). The molecule has 150 valence electrons. The third-order valence-corrected chi connectivity index (χ3v) is 8.47. The van der Waals surface area contributed by atoms with Gasteiger partial charge in [0.25, 0.3) is 0 Å². The van der Waals surface area contributed by atoms with E-state index in [2.05, 4.69) is 23.5 Å². The Morgan fingerprint density at radius 2 is 1.65 bits per heavy atom. The van der Waals surface area contributed by atoms with Crippen LogP contribution in [0.1, 0.15) is 32.3 Å². The quantitative estimate of drug-likeness (QED) is 0.587. The molecule has 0 atom stereocenters. The average Bonchev–Trinajstić information content (AvgIpc) is 2.46. The number of alkyl halides is 3. The summed E-state index contributed by atoms with van der Waals surface area (Å²) >= 11 is 0. The largest absolute Gasteiger partial charge is 0.573 e. The van der Waals surface area contributed by atoms with Crippen LogP contribution in [-0.4, -0.2) is 49.2 Å². The molecule has 0 aliphatic carbocycles. The van der Waals surface area contributed by atoms with Crippen LogP contribution in [0, 0.1) is 0 Å². The van der Waals surface area contributed by atoms with Gasteiger partial charge in [-0.2, -0.15) is 0 Å². The molecule has 1 aromatic rings. The minimum atomic E-state index is -4.69. The standard InChI is InChI=1S/C18H30F3NO3Si/c1-17(2,26(3,4)24)10-5-11-22(12-13-23)14-15-6-8-16(9-7-15)25-18(19,20)21/h6-9,23-24H,5,10-14H2,1-4H3. The Labute approximate surface area is 154 Å². The van der Waals surface area contributed by atoms with Crippen molar-refractivity contribution in [2.45, 2.75) is 57.7 Å². The fraction of sp³-hybridized carbons (Fsp3) is 0.667. The van der Waals surface area contributed by atoms with Crippen LogP contribution in [0.2, 0.25) is 18.1 Å². The number of hydrogen-bond acceptors (Lipinski definition) is 4. The summed E-state index contributed by atoms with van der Waals surface area (Å²) in [7, 11) is -2.25. The number of benzene rings is 1. The van der Waals surface area contributed by atoms with E-state index in [9.17, 15) is 23.1 Å². The maximum atomic E-state index is 12.2. The van der Waals surface area contributed by atoms with Crippen molar-refractivity contribution in [3.05, 3.63) is 29.8 Å². The van der Waals surface area contributed by atoms with Crippen molar-refractivity contribution in [2.24, 2.45) is 0 Å². The SMILES string of the molecule is CC(C)(CCCN(CCO)Cc1ccc(OC(F)(F)F)cc1)[Si](C)(C)O. The molecule has 1 aromatic carbocycles. The van der Waals surface area contributed by atoms with Gasteiger partial charge in [-0.25, -0.2) is 0 Å². The van der Waals surface area contributed by atoms with E-state index in [0.717, 1.165) is 24.9 Å². The molecule has 0 aliphatic rings. The van der Waals surface area contributed by atoms with Gasteiger partial charge in [0.15, 0.2) is 8.32 Å². The molecular formula is C18H30F3NO3Si. The molecule has 0 fully saturated rings. The Kier molecular flexibility index (Phi) is 8.13. The minimum absolute atomic E-state index is 0.0128. The van der Waals surface area contributed by atoms with E-state index in [1.807, 2.05) is 13.1 Å².